The van der Waals surface area contributed by atoms with Crippen molar-refractivity contribution in [3.05, 3.63) is 29.5 Å². The Kier molecular flexibility index (Phi) is 3.94. The second-order valence-corrected chi connectivity index (χ2v) is 6.15. The van der Waals surface area contributed by atoms with Gasteiger partial charge in [0, 0.05) is 25.2 Å². The van der Waals surface area contributed by atoms with E-state index in [4.69, 9.17) is 15.2 Å². The number of primary amides is 1. The van der Waals surface area contributed by atoms with Gasteiger partial charge in [-0.3, -0.25) is 19.6 Å². The summed E-state index contributed by atoms with van der Waals surface area (Å²) in [4.78, 5) is 28.7. The van der Waals surface area contributed by atoms with Gasteiger partial charge in [0.2, 0.25) is 17.7 Å². The Morgan fingerprint density at radius 2 is 2.15 bits per heavy atom. The highest BCUT2D eigenvalue weighted by molar-refractivity contribution is 6.04. The van der Waals surface area contributed by atoms with Crippen molar-refractivity contribution in [1.82, 2.24) is 19.3 Å². The number of hydrogen-bond acceptors (Lipinski definition) is 6. The zero-order valence-corrected chi connectivity index (χ0v) is 14.9. The molecule has 1 aliphatic heterocycles. The van der Waals surface area contributed by atoms with Crippen molar-refractivity contribution in [2.24, 2.45) is 12.8 Å². The van der Waals surface area contributed by atoms with E-state index < -0.39 is 5.91 Å². The van der Waals surface area contributed by atoms with Gasteiger partial charge in [0.1, 0.15) is 17.0 Å². The minimum absolute atomic E-state index is 0.304. The summed E-state index contributed by atoms with van der Waals surface area (Å²) in [5.41, 5.74) is 7.28. The lowest BCUT2D eigenvalue weighted by Gasteiger charge is -2.08. The van der Waals surface area contributed by atoms with Crippen LogP contribution in [0.25, 0.3) is 11.0 Å². The monoisotopic (exact) mass is 370 g/mol. The number of aryl methyl sites for hydroxylation is 2. The number of amides is 2. The first-order valence-electron chi connectivity index (χ1n) is 8.34. The van der Waals surface area contributed by atoms with Gasteiger partial charge >= 0.3 is 0 Å². The summed E-state index contributed by atoms with van der Waals surface area (Å²) >= 11 is 0. The molecule has 3 aromatic rings. The molecule has 140 valence electrons. The Labute approximate surface area is 153 Å². The van der Waals surface area contributed by atoms with Crippen LogP contribution in [0.4, 0.5) is 5.95 Å². The maximum atomic E-state index is 12.7. The third-order valence-electron chi connectivity index (χ3n) is 4.40. The van der Waals surface area contributed by atoms with Crippen LogP contribution >= 0.6 is 0 Å². The molecule has 3 heterocycles. The number of nitrogens with two attached hydrogens (primary N) is 1. The number of carbonyl (C=O) groups excluding carboxylic acids is 2. The molecule has 2 aromatic heterocycles. The Balaban J connectivity index is 1.77. The van der Waals surface area contributed by atoms with E-state index in [1.165, 1.54) is 11.8 Å². The molecule has 10 nitrogen and oxygen atoms in total. The fraction of sp³-hybridized carbons (Fsp3) is 0.294. The van der Waals surface area contributed by atoms with Crippen molar-refractivity contribution in [3.63, 3.8) is 0 Å². The molecule has 3 N–H and O–H groups in total. The third-order valence-corrected chi connectivity index (χ3v) is 4.40. The Morgan fingerprint density at radius 1 is 1.33 bits per heavy atom. The number of carbonyl (C=O) groups is 2. The van der Waals surface area contributed by atoms with Crippen LogP contribution < -0.4 is 20.5 Å². The number of ether oxygens (including phenoxy) is 2. The van der Waals surface area contributed by atoms with E-state index in [2.05, 4.69) is 15.4 Å². The molecule has 0 spiro atoms. The van der Waals surface area contributed by atoms with Gasteiger partial charge in [-0.15, -0.1) is 5.10 Å². The Hall–Kier alpha value is -3.56. The topological polar surface area (TPSA) is 126 Å². The first-order valence-corrected chi connectivity index (χ1v) is 8.34. The van der Waals surface area contributed by atoms with E-state index in [0.29, 0.717) is 47.5 Å². The van der Waals surface area contributed by atoms with Crippen LogP contribution in [0.2, 0.25) is 0 Å². The summed E-state index contributed by atoms with van der Waals surface area (Å²) in [6.45, 7) is 1.11. The summed E-state index contributed by atoms with van der Waals surface area (Å²) in [5.74, 6) is 0.290. The van der Waals surface area contributed by atoms with Gasteiger partial charge in [0.05, 0.1) is 19.2 Å². The van der Waals surface area contributed by atoms with Crippen molar-refractivity contribution in [1.29, 1.82) is 0 Å². The second-order valence-electron chi connectivity index (χ2n) is 6.15. The number of anilines is 1. The number of rotatable bonds is 4. The molecular formula is C17H18N6O4. The molecule has 0 unspecified atom stereocenters. The molecule has 27 heavy (non-hydrogen) atoms. The highest BCUT2D eigenvalue weighted by Gasteiger charge is 2.23. The maximum Gasteiger partial charge on any atom is 0.276 e. The summed E-state index contributed by atoms with van der Waals surface area (Å²) < 4.78 is 14.1. The molecular weight excluding hydrogens is 352 g/mol. The molecule has 2 amide bonds. The average Bonchev–Trinajstić information content (AvgIpc) is 3.09. The SMILES string of the molecule is COc1cc(C(=O)Nc2nc3cc(C(N)=O)cc4c3n2CCCO4)n(C)n1. The normalized spacial score (nSPS) is 13.1. The fourth-order valence-electron chi connectivity index (χ4n) is 3.12. The van der Waals surface area contributed by atoms with Gasteiger partial charge in [-0.25, -0.2) is 4.98 Å². The lowest BCUT2D eigenvalue weighted by Crippen LogP contribution is -2.19. The minimum atomic E-state index is -0.567. The van der Waals surface area contributed by atoms with Crippen molar-refractivity contribution in [3.8, 4) is 11.6 Å². The lowest BCUT2D eigenvalue weighted by molar-refractivity contribution is 0.0995. The number of nitrogens with one attached hydrogen (secondary N) is 1. The number of nitrogens with zero attached hydrogens (tertiary/aromatic N) is 4. The van der Waals surface area contributed by atoms with Crippen LogP contribution in [-0.2, 0) is 13.6 Å². The van der Waals surface area contributed by atoms with Gasteiger partial charge in [-0.2, -0.15) is 0 Å². The zero-order valence-electron chi connectivity index (χ0n) is 14.9. The van der Waals surface area contributed by atoms with E-state index in [1.54, 1.807) is 25.2 Å². The standard InChI is InChI=1S/C17H18N6O4/c1-22-11(8-13(21-22)26-2)16(25)20-17-19-10-6-9(15(18)24)7-12-14(10)23(17)4-3-5-27-12/h6-8H,3-5H2,1-2H3,(H2,18,24)(H,19,20,25). The quantitative estimate of drug-likeness (QED) is 0.703. The van der Waals surface area contributed by atoms with Crippen LogP contribution in [0, 0.1) is 0 Å². The molecule has 0 aliphatic carbocycles. The lowest BCUT2D eigenvalue weighted by atomic mass is 10.1. The van der Waals surface area contributed by atoms with Crippen molar-refractivity contribution >= 4 is 28.8 Å². The van der Waals surface area contributed by atoms with Gasteiger partial charge in [-0.1, -0.05) is 0 Å². The van der Waals surface area contributed by atoms with E-state index in [1.807, 2.05) is 4.57 Å². The van der Waals surface area contributed by atoms with Crippen molar-refractivity contribution < 1.29 is 19.1 Å². The molecule has 0 saturated heterocycles. The Morgan fingerprint density at radius 3 is 2.85 bits per heavy atom. The number of methoxy groups -OCH3 is 1. The van der Waals surface area contributed by atoms with E-state index in [9.17, 15) is 9.59 Å². The van der Waals surface area contributed by atoms with Crippen molar-refractivity contribution in [2.45, 2.75) is 13.0 Å². The molecule has 4 rings (SSSR count). The molecule has 0 radical (unpaired) electrons. The summed E-state index contributed by atoms with van der Waals surface area (Å²) in [7, 11) is 3.14. The van der Waals surface area contributed by atoms with Crippen LogP contribution in [0.3, 0.4) is 0 Å². The summed E-state index contributed by atoms with van der Waals surface area (Å²) in [6.07, 6.45) is 0.731. The molecule has 1 aliphatic rings. The van der Waals surface area contributed by atoms with E-state index in [0.717, 1.165) is 11.9 Å². The van der Waals surface area contributed by atoms with Gasteiger partial charge in [0.25, 0.3) is 5.91 Å². The largest absolute Gasteiger partial charge is 0.491 e. The Bertz CT molecular complexity index is 1070. The van der Waals surface area contributed by atoms with Crippen molar-refractivity contribution in [2.75, 3.05) is 19.0 Å². The first-order chi connectivity index (χ1) is 13.0. The fourth-order valence-corrected chi connectivity index (χ4v) is 3.12. The van der Waals surface area contributed by atoms with E-state index >= 15 is 0 Å². The van der Waals surface area contributed by atoms with Gasteiger partial charge < -0.3 is 19.8 Å². The number of aromatic nitrogens is 4. The third kappa shape index (κ3) is 2.84. The van der Waals surface area contributed by atoms with Crippen LogP contribution in [0.15, 0.2) is 18.2 Å². The molecule has 0 saturated carbocycles. The maximum absolute atomic E-state index is 12.7. The van der Waals surface area contributed by atoms with Crippen LogP contribution in [0.1, 0.15) is 27.3 Å². The van der Waals surface area contributed by atoms with Gasteiger partial charge in [0.15, 0.2) is 0 Å². The molecule has 0 atom stereocenters. The highest BCUT2D eigenvalue weighted by atomic mass is 16.5. The second kappa shape index (κ2) is 6.31. The first kappa shape index (κ1) is 16.9. The highest BCUT2D eigenvalue weighted by Crippen LogP contribution is 2.33. The van der Waals surface area contributed by atoms with Crippen LogP contribution in [-0.4, -0.2) is 44.9 Å². The van der Waals surface area contributed by atoms with Crippen LogP contribution in [0.5, 0.6) is 11.6 Å². The zero-order chi connectivity index (χ0) is 19.1. The summed E-state index contributed by atoms with van der Waals surface area (Å²) in [5, 5.41) is 6.89. The number of hydrogen-bond donors (Lipinski definition) is 2. The molecule has 0 fully saturated rings. The smallest absolute Gasteiger partial charge is 0.276 e. The molecule has 0 bridgehead atoms. The molecule has 10 heteroatoms. The predicted octanol–water partition coefficient (Wildman–Crippen LogP) is 0.912. The van der Waals surface area contributed by atoms with E-state index in [-0.39, 0.29) is 5.91 Å². The predicted molar refractivity (Wildman–Crippen MR) is 96.1 cm³/mol. The molecule has 1 aromatic carbocycles. The summed E-state index contributed by atoms with van der Waals surface area (Å²) in [6, 6.07) is 4.74. The average molecular weight is 370 g/mol. The van der Waals surface area contributed by atoms with Gasteiger partial charge in [-0.05, 0) is 18.6 Å². The minimum Gasteiger partial charge on any atom is -0.491 e. The number of imidazole rings is 1. The number of benzene rings is 1.